The van der Waals surface area contributed by atoms with Crippen molar-refractivity contribution < 1.29 is 24.9 Å². The van der Waals surface area contributed by atoms with E-state index >= 15 is 0 Å². The van der Waals surface area contributed by atoms with Gasteiger partial charge in [0, 0.05) is 65.0 Å². The summed E-state index contributed by atoms with van der Waals surface area (Å²) in [4.78, 5) is 34.7. The number of carbonyl (C=O) groups is 2. The Balaban J connectivity index is 1.09. The molecule has 2 amide bonds. The number of nitrogens with two attached hydrogens (primary N) is 1. The highest BCUT2D eigenvalue weighted by atomic mass is 16.3. The number of likely N-dealkylation sites (tertiary alicyclic amines) is 1. The highest BCUT2D eigenvalue weighted by molar-refractivity contribution is 5.83. The van der Waals surface area contributed by atoms with Gasteiger partial charge in [0.2, 0.25) is 11.8 Å². The van der Waals surface area contributed by atoms with Crippen molar-refractivity contribution >= 4 is 11.8 Å². The minimum Gasteiger partial charge on any atom is -0.393 e. The minimum atomic E-state index is -0.132. The van der Waals surface area contributed by atoms with Gasteiger partial charge in [0.25, 0.3) is 0 Å². The molecule has 0 radical (unpaired) electrons. The number of nitrogens with zero attached hydrogens (tertiary/aromatic N) is 3. The summed E-state index contributed by atoms with van der Waals surface area (Å²) in [6.45, 7) is 7.56. The van der Waals surface area contributed by atoms with E-state index in [1.807, 2.05) is 0 Å². The summed E-state index contributed by atoms with van der Waals surface area (Å²) in [5, 5.41) is 15.6. The molecule has 9 heteroatoms. The summed E-state index contributed by atoms with van der Waals surface area (Å²) >= 11 is 0. The molecule has 204 valence electrons. The van der Waals surface area contributed by atoms with Crippen LogP contribution in [0.4, 0.5) is 0 Å². The normalized spacial score (nSPS) is 38.9. The minimum absolute atomic E-state index is 0.0535. The first-order valence-electron chi connectivity index (χ1n) is 14.9. The average Bonchev–Trinajstić information content (AvgIpc) is 3.28. The molecule has 5 rings (SSSR count). The van der Waals surface area contributed by atoms with Crippen LogP contribution in [0.2, 0.25) is 0 Å². The van der Waals surface area contributed by atoms with E-state index < -0.39 is 0 Å². The summed E-state index contributed by atoms with van der Waals surface area (Å²) in [6, 6.07) is 0.537. The maximum atomic E-state index is 13.1. The fourth-order valence-electron chi connectivity index (χ4n) is 7.68. The van der Waals surface area contributed by atoms with E-state index in [9.17, 15) is 14.7 Å². The average molecular weight is 507 g/mol. The summed E-state index contributed by atoms with van der Waals surface area (Å²) in [5.74, 6) is 1.06. The first-order valence-corrected chi connectivity index (χ1v) is 14.9. The lowest BCUT2D eigenvalue weighted by Gasteiger charge is -2.39. The number of aliphatic hydroxyl groups is 1. The van der Waals surface area contributed by atoms with Crippen molar-refractivity contribution in [2.45, 2.75) is 94.6 Å². The number of piperazine rings is 1. The zero-order chi connectivity index (χ0) is 25.1. The quantitative estimate of drug-likeness (QED) is 0.334. The predicted octanol–water partition coefficient (Wildman–Crippen LogP) is -2.01. The number of nitrogens with one attached hydrogen (secondary N) is 2. The number of hydrogen-bond donors (Lipinski definition) is 4. The molecule has 5 N–H and O–H groups in total. The molecule has 4 heterocycles. The van der Waals surface area contributed by atoms with Gasteiger partial charge in [-0.05, 0) is 44.4 Å². The Morgan fingerprint density at radius 1 is 1.06 bits per heavy atom. The highest BCUT2D eigenvalue weighted by Crippen LogP contribution is 2.28. The summed E-state index contributed by atoms with van der Waals surface area (Å²) in [7, 11) is 2.24. The van der Waals surface area contributed by atoms with Crippen LogP contribution < -0.4 is 15.5 Å². The van der Waals surface area contributed by atoms with E-state index in [1.165, 1.54) is 30.7 Å². The Kier molecular flexibility index (Phi) is 8.83. The topological polar surface area (TPSA) is 97.2 Å². The first-order chi connectivity index (χ1) is 17.5. The van der Waals surface area contributed by atoms with Crippen molar-refractivity contribution in [2.75, 3.05) is 59.4 Å². The van der Waals surface area contributed by atoms with Crippen molar-refractivity contribution in [1.29, 1.82) is 0 Å². The van der Waals surface area contributed by atoms with E-state index in [0.29, 0.717) is 31.1 Å². The van der Waals surface area contributed by atoms with Crippen LogP contribution in [-0.2, 0) is 9.59 Å². The van der Waals surface area contributed by atoms with Crippen molar-refractivity contribution in [2.24, 2.45) is 5.92 Å². The fraction of sp³-hybridized carbons (Fsp3) is 0.926. The van der Waals surface area contributed by atoms with E-state index in [4.69, 9.17) is 0 Å². The van der Waals surface area contributed by atoms with Crippen LogP contribution in [0.25, 0.3) is 0 Å². The first kappa shape index (κ1) is 26.4. The Labute approximate surface area is 216 Å². The van der Waals surface area contributed by atoms with Crippen molar-refractivity contribution in [3.05, 3.63) is 0 Å². The van der Waals surface area contributed by atoms with E-state index in [0.717, 1.165) is 77.8 Å². The van der Waals surface area contributed by atoms with Crippen LogP contribution in [0.15, 0.2) is 0 Å². The molecule has 0 bridgehead atoms. The van der Waals surface area contributed by atoms with Gasteiger partial charge in [-0.1, -0.05) is 0 Å². The zero-order valence-electron chi connectivity index (χ0n) is 22.4. The number of amides is 2. The lowest BCUT2D eigenvalue weighted by atomic mass is 9.87. The number of hydrogen-bond acceptors (Lipinski definition) is 5. The Morgan fingerprint density at radius 2 is 1.83 bits per heavy atom. The standard InChI is InChI=1S/C27H48N6O3/c1-30-21(7-10-25(35)32-16-14-31(15-17-32)24-4-2-3-12-28-24)18-29-27(36)26-23(30)11-13-33(26)19-20-5-8-22(34)9-6-20/h20-24,26,28,34H,2-19H2,1H3,(H,29,36)/p+2/t20?,21-,22?,23-,24?,26-/m0/s1. The molecule has 0 spiro atoms. The number of quaternary nitrogens is 2. The van der Waals surface area contributed by atoms with Gasteiger partial charge >= 0.3 is 0 Å². The molecule has 1 saturated carbocycles. The lowest BCUT2D eigenvalue weighted by molar-refractivity contribution is -0.928. The van der Waals surface area contributed by atoms with Gasteiger partial charge in [-0.2, -0.15) is 0 Å². The van der Waals surface area contributed by atoms with Gasteiger partial charge in [0.05, 0.1) is 26.2 Å². The van der Waals surface area contributed by atoms with Crippen LogP contribution in [0.5, 0.6) is 0 Å². The van der Waals surface area contributed by atoms with Crippen molar-refractivity contribution in [3.63, 3.8) is 0 Å². The molecule has 4 aliphatic heterocycles. The molecular formula is C27H50N6O3+2. The monoisotopic (exact) mass is 506 g/mol. The van der Waals surface area contributed by atoms with Crippen LogP contribution in [0.3, 0.4) is 0 Å². The van der Waals surface area contributed by atoms with Crippen LogP contribution in [0, 0.1) is 5.92 Å². The molecule has 0 aromatic rings. The molecule has 0 aromatic carbocycles. The second-order valence-electron chi connectivity index (χ2n) is 12.2. The number of carbonyl (C=O) groups excluding carboxylic acids is 2. The third-order valence-electron chi connectivity index (χ3n) is 10.1. The molecule has 5 aliphatic rings. The van der Waals surface area contributed by atoms with Crippen LogP contribution in [0.1, 0.15) is 64.2 Å². The van der Waals surface area contributed by atoms with Gasteiger partial charge in [-0.3, -0.25) is 19.4 Å². The molecule has 5 fully saturated rings. The summed E-state index contributed by atoms with van der Waals surface area (Å²) in [5.41, 5.74) is 0. The molecule has 1 aliphatic carbocycles. The summed E-state index contributed by atoms with van der Waals surface area (Å²) in [6.07, 6.45) is 10.8. The molecule has 9 nitrogen and oxygen atoms in total. The Morgan fingerprint density at radius 3 is 2.56 bits per heavy atom. The Bertz CT molecular complexity index is 746. The van der Waals surface area contributed by atoms with E-state index in [-0.39, 0.29) is 30.0 Å². The number of fused-ring (bicyclic) bond motifs is 1. The fourth-order valence-corrected chi connectivity index (χ4v) is 7.68. The molecular weight excluding hydrogens is 456 g/mol. The second-order valence-corrected chi connectivity index (χ2v) is 12.2. The van der Waals surface area contributed by atoms with Gasteiger partial charge in [-0.25, -0.2) is 0 Å². The largest absolute Gasteiger partial charge is 0.393 e. The van der Waals surface area contributed by atoms with E-state index in [1.54, 1.807) is 0 Å². The SMILES string of the molecule is C[NH+]1[C@@H](CCC(=O)N2CCN(C3CCCC[NH2+]3)CC2)CNC(=O)[C@@H]2[C@@H]1CCN2CC1CCC(O)CC1. The number of likely N-dealkylation sites (N-methyl/N-ethyl adjacent to an activating group) is 1. The van der Waals surface area contributed by atoms with Gasteiger partial charge in [0.15, 0.2) is 0 Å². The molecule has 0 aromatic heterocycles. The van der Waals surface area contributed by atoms with Gasteiger partial charge < -0.3 is 25.5 Å². The highest BCUT2D eigenvalue weighted by Gasteiger charge is 2.48. The molecule has 4 saturated heterocycles. The molecule has 36 heavy (non-hydrogen) atoms. The zero-order valence-corrected chi connectivity index (χ0v) is 22.4. The third-order valence-corrected chi connectivity index (χ3v) is 10.1. The molecule has 5 atom stereocenters. The third kappa shape index (κ3) is 6.07. The number of piperidine rings is 1. The van der Waals surface area contributed by atoms with Crippen molar-refractivity contribution in [3.8, 4) is 0 Å². The van der Waals surface area contributed by atoms with Crippen molar-refractivity contribution in [1.82, 2.24) is 20.0 Å². The van der Waals surface area contributed by atoms with Crippen LogP contribution in [-0.4, -0.2) is 121 Å². The second kappa shape index (κ2) is 12.1. The van der Waals surface area contributed by atoms with Crippen LogP contribution >= 0.6 is 0 Å². The maximum Gasteiger partial charge on any atom is 0.243 e. The molecule has 2 unspecified atom stereocenters. The van der Waals surface area contributed by atoms with Gasteiger partial charge in [0.1, 0.15) is 24.3 Å². The van der Waals surface area contributed by atoms with E-state index in [2.05, 4.69) is 32.4 Å². The maximum absolute atomic E-state index is 13.1. The number of rotatable bonds is 6. The predicted molar refractivity (Wildman–Crippen MR) is 137 cm³/mol. The smallest absolute Gasteiger partial charge is 0.243 e. The lowest BCUT2D eigenvalue weighted by Crippen LogP contribution is -3.18. The summed E-state index contributed by atoms with van der Waals surface area (Å²) < 4.78 is 0. The Hall–Kier alpha value is -1.26. The number of aliphatic hydroxyl groups excluding tert-OH is 1. The van der Waals surface area contributed by atoms with Gasteiger partial charge in [-0.15, -0.1) is 0 Å².